The van der Waals surface area contributed by atoms with E-state index in [1.165, 1.54) is 20.9 Å². The van der Waals surface area contributed by atoms with Gasteiger partial charge in [-0.05, 0) is 47.5 Å². The van der Waals surface area contributed by atoms with E-state index in [1.807, 2.05) is 24.5 Å². The van der Waals surface area contributed by atoms with E-state index in [2.05, 4.69) is 131 Å². The Morgan fingerprint density at radius 2 is 0.711 bits per heavy atom. The second-order valence-electron chi connectivity index (χ2n) is 11.1. The van der Waals surface area contributed by atoms with E-state index in [0.717, 1.165) is 66.1 Å². The molecule has 4 aromatic carbocycles. The molecule has 5 heteroatoms. The van der Waals surface area contributed by atoms with Crippen LogP contribution in [-0.2, 0) is 0 Å². The van der Waals surface area contributed by atoms with Crippen LogP contribution in [0.3, 0.4) is 0 Å². The van der Waals surface area contributed by atoms with Crippen LogP contribution in [0.25, 0.3) is 87.0 Å². The highest BCUT2D eigenvalue weighted by atomic mass is 32.1. The number of pyridine rings is 4. The van der Waals surface area contributed by atoms with Crippen LogP contribution in [-0.4, -0.2) is 19.9 Å². The minimum absolute atomic E-state index is 0.936. The summed E-state index contributed by atoms with van der Waals surface area (Å²) in [6.45, 7) is 0. The number of rotatable bonds is 4. The number of hydrogen-bond donors (Lipinski definition) is 0. The molecular formula is C40H24N4S. The van der Waals surface area contributed by atoms with Crippen molar-refractivity contribution in [3.63, 3.8) is 0 Å². The van der Waals surface area contributed by atoms with Crippen LogP contribution in [0.4, 0.5) is 0 Å². The van der Waals surface area contributed by atoms with Gasteiger partial charge in [0.05, 0.1) is 33.5 Å². The van der Waals surface area contributed by atoms with Crippen LogP contribution in [0.15, 0.2) is 146 Å². The van der Waals surface area contributed by atoms with Gasteiger partial charge >= 0.3 is 0 Å². The summed E-state index contributed by atoms with van der Waals surface area (Å²) >= 11 is 1.80. The number of thiophene rings is 1. The van der Waals surface area contributed by atoms with Gasteiger partial charge in [0.2, 0.25) is 0 Å². The van der Waals surface area contributed by atoms with Gasteiger partial charge in [0, 0.05) is 54.8 Å². The lowest BCUT2D eigenvalue weighted by atomic mass is 10.0. The summed E-state index contributed by atoms with van der Waals surface area (Å²) in [5.74, 6) is 0. The molecule has 0 aliphatic carbocycles. The van der Waals surface area contributed by atoms with E-state index < -0.39 is 0 Å². The maximum absolute atomic E-state index is 5.01. The highest BCUT2D eigenvalue weighted by Gasteiger charge is 2.10. The zero-order valence-corrected chi connectivity index (χ0v) is 24.9. The number of aromatic nitrogens is 4. The van der Waals surface area contributed by atoms with Crippen molar-refractivity contribution in [3.05, 3.63) is 146 Å². The maximum Gasteiger partial charge on any atom is 0.0972 e. The normalized spacial score (nSPS) is 11.6. The van der Waals surface area contributed by atoms with Crippen LogP contribution < -0.4 is 0 Å². The molecule has 0 saturated carbocycles. The van der Waals surface area contributed by atoms with Crippen molar-refractivity contribution in [1.29, 1.82) is 0 Å². The molecule has 210 valence electrons. The third-order valence-corrected chi connectivity index (χ3v) is 9.58. The number of fused-ring (bicyclic) bond motifs is 6. The SMILES string of the molecule is c1cnc2c(c1)ccc1ccc(-c3ccc(-c4ccc(-c5ccc(-c6ccc7ccc8cccnc8c7n6)cc5)s4)cc3)nc12. The van der Waals surface area contributed by atoms with Gasteiger partial charge in [-0.2, -0.15) is 0 Å². The van der Waals surface area contributed by atoms with Gasteiger partial charge in [0.1, 0.15) is 0 Å². The summed E-state index contributed by atoms with van der Waals surface area (Å²) in [6.07, 6.45) is 3.66. The monoisotopic (exact) mass is 592 g/mol. The summed E-state index contributed by atoms with van der Waals surface area (Å²) in [4.78, 5) is 21.7. The predicted octanol–water partition coefficient (Wildman–Crippen LogP) is 10.6. The van der Waals surface area contributed by atoms with Crippen molar-refractivity contribution in [1.82, 2.24) is 19.9 Å². The Morgan fingerprint density at radius 3 is 1.16 bits per heavy atom. The van der Waals surface area contributed by atoms with Crippen LogP contribution in [0.1, 0.15) is 0 Å². The zero-order valence-electron chi connectivity index (χ0n) is 24.1. The molecule has 45 heavy (non-hydrogen) atoms. The fourth-order valence-electron chi connectivity index (χ4n) is 6.03. The average molecular weight is 593 g/mol. The molecule has 0 unspecified atom stereocenters. The smallest absolute Gasteiger partial charge is 0.0972 e. The van der Waals surface area contributed by atoms with Crippen molar-refractivity contribution < 1.29 is 0 Å². The van der Waals surface area contributed by atoms with Crippen molar-refractivity contribution in [3.8, 4) is 43.4 Å². The first kappa shape index (κ1) is 25.7. The molecule has 9 rings (SSSR count). The summed E-state index contributed by atoms with van der Waals surface area (Å²) in [5, 5.41) is 4.40. The van der Waals surface area contributed by atoms with Crippen LogP contribution >= 0.6 is 11.3 Å². The molecule has 0 aliphatic heterocycles. The molecule has 9 aromatic rings. The molecule has 0 saturated heterocycles. The second kappa shape index (κ2) is 10.4. The average Bonchev–Trinajstić information content (AvgIpc) is 3.62. The highest BCUT2D eigenvalue weighted by Crippen LogP contribution is 2.36. The Balaban J connectivity index is 0.980. The van der Waals surface area contributed by atoms with E-state index >= 15 is 0 Å². The minimum Gasteiger partial charge on any atom is -0.254 e. The van der Waals surface area contributed by atoms with Crippen LogP contribution in [0, 0.1) is 0 Å². The van der Waals surface area contributed by atoms with Crippen LogP contribution in [0.2, 0.25) is 0 Å². The Morgan fingerprint density at radius 1 is 0.333 bits per heavy atom. The van der Waals surface area contributed by atoms with Gasteiger partial charge in [-0.25, -0.2) is 9.97 Å². The van der Waals surface area contributed by atoms with Gasteiger partial charge in [-0.15, -0.1) is 11.3 Å². The van der Waals surface area contributed by atoms with Gasteiger partial charge < -0.3 is 0 Å². The van der Waals surface area contributed by atoms with E-state index in [-0.39, 0.29) is 0 Å². The fraction of sp³-hybridized carbons (Fsp3) is 0. The summed E-state index contributed by atoms with van der Waals surface area (Å²) in [7, 11) is 0. The molecule has 0 radical (unpaired) electrons. The van der Waals surface area contributed by atoms with E-state index in [4.69, 9.17) is 9.97 Å². The summed E-state index contributed by atoms with van der Waals surface area (Å²) < 4.78 is 0. The number of nitrogens with zero attached hydrogens (tertiary/aromatic N) is 4. The van der Waals surface area contributed by atoms with Gasteiger partial charge in [0.25, 0.3) is 0 Å². The van der Waals surface area contributed by atoms with Gasteiger partial charge in [0.15, 0.2) is 0 Å². The highest BCUT2D eigenvalue weighted by molar-refractivity contribution is 7.18. The van der Waals surface area contributed by atoms with E-state index in [9.17, 15) is 0 Å². The Labute approximate surface area is 263 Å². The Kier molecular flexibility index (Phi) is 5.96. The molecule has 0 amide bonds. The first-order chi connectivity index (χ1) is 22.3. The molecule has 0 bridgehead atoms. The van der Waals surface area contributed by atoms with Crippen molar-refractivity contribution >= 4 is 54.9 Å². The largest absolute Gasteiger partial charge is 0.254 e. The van der Waals surface area contributed by atoms with Crippen molar-refractivity contribution in [2.75, 3.05) is 0 Å². The fourth-order valence-corrected chi connectivity index (χ4v) is 7.04. The van der Waals surface area contributed by atoms with Gasteiger partial charge in [-0.1, -0.05) is 97.1 Å². The molecule has 0 aliphatic rings. The number of benzene rings is 4. The first-order valence-corrected chi connectivity index (χ1v) is 15.7. The van der Waals surface area contributed by atoms with Crippen molar-refractivity contribution in [2.45, 2.75) is 0 Å². The zero-order chi connectivity index (χ0) is 29.7. The standard InChI is InChI=1S/C40H24N4S/c1-3-29-13-15-31-17-19-33(43-39(31)37(29)41-23-1)25-5-9-27(10-6-25)35-21-22-36(45-35)28-11-7-26(8-12-28)34-20-18-32-16-14-30-4-2-24-42-38(30)40(32)44-34/h1-24H. The molecule has 5 heterocycles. The lowest BCUT2D eigenvalue weighted by molar-refractivity contribution is 1.37. The lowest BCUT2D eigenvalue weighted by Gasteiger charge is -2.07. The Bertz CT molecular complexity index is 2360. The predicted molar refractivity (Wildman–Crippen MR) is 187 cm³/mol. The Hall–Kier alpha value is -5.78. The first-order valence-electron chi connectivity index (χ1n) is 14.9. The molecule has 4 nitrogen and oxygen atoms in total. The third kappa shape index (κ3) is 4.53. The van der Waals surface area contributed by atoms with E-state index in [0.29, 0.717) is 0 Å². The van der Waals surface area contributed by atoms with Gasteiger partial charge in [-0.3, -0.25) is 9.97 Å². The van der Waals surface area contributed by atoms with Crippen LogP contribution in [0.5, 0.6) is 0 Å². The quantitative estimate of drug-likeness (QED) is 0.191. The molecule has 0 N–H and O–H groups in total. The second-order valence-corrected chi connectivity index (χ2v) is 12.2. The molecular weight excluding hydrogens is 569 g/mol. The molecule has 5 aromatic heterocycles. The molecule has 0 spiro atoms. The third-order valence-electron chi connectivity index (χ3n) is 8.40. The molecule has 0 fully saturated rings. The van der Waals surface area contributed by atoms with Crippen molar-refractivity contribution in [2.24, 2.45) is 0 Å². The minimum atomic E-state index is 0.936. The topological polar surface area (TPSA) is 51.6 Å². The summed E-state index contributed by atoms with van der Waals surface area (Å²) in [5.41, 5.74) is 10.2. The summed E-state index contributed by atoms with van der Waals surface area (Å²) in [6, 6.07) is 46.7. The maximum atomic E-state index is 5.01. The number of hydrogen-bond acceptors (Lipinski definition) is 5. The molecule has 0 atom stereocenters. The lowest BCUT2D eigenvalue weighted by Crippen LogP contribution is -1.88. The van der Waals surface area contributed by atoms with E-state index in [1.54, 1.807) is 11.3 Å².